The van der Waals surface area contributed by atoms with E-state index in [0.717, 1.165) is 33.1 Å². The van der Waals surface area contributed by atoms with E-state index < -0.39 is 0 Å². The summed E-state index contributed by atoms with van der Waals surface area (Å²) in [5.74, 6) is 0. The Kier molecular flexibility index (Phi) is 8.28. The van der Waals surface area contributed by atoms with Gasteiger partial charge in [-0.15, -0.1) is 11.3 Å². The molecule has 0 atom stereocenters. The van der Waals surface area contributed by atoms with Gasteiger partial charge in [0.2, 0.25) is 0 Å². The van der Waals surface area contributed by atoms with Crippen molar-refractivity contribution in [1.29, 1.82) is 0 Å². The molecule has 0 aliphatic heterocycles. The third kappa shape index (κ3) is 6.15. The van der Waals surface area contributed by atoms with Crippen molar-refractivity contribution in [2.24, 2.45) is 0 Å². The molecule has 0 saturated carbocycles. The molecule has 0 aliphatic carbocycles. The van der Waals surface area contributed by atoms with Gasteiger partial charge >= 0.3 is 0 Å². The van der Waals surface area contributed by atoms with Gasteiger partial charge in [-0.25, -0.2) is 4.98 Å². The van der Waals surface area contributed by atoms with Gasteiger partial charge in [-0.2, -0.15) is 0 Å². The summed E-state index contributed by atoms with van der Waals surface area (Å²) >= 11 is 1.76. The number of fused-ring (bicyclic) bond motifs is 5. The van der Waals surface area contributed by atoms with Crippen LogP contribution in [0.25, 0.3) is 75.7 Å². The smallest absolute Gasteiger partial charge is 0.124 e. The zero-order chi connectivity index (χ0) is 36.7. The van der Waals surface area contributed by atoms with E-state index in [2.05, 4.69) is 212 Å². The van der Waals surface area contributed by atoms with E-state index >= 15 is 0 Å². The number of rotatable bonds is 7. The molecular formula is C52H36N2S. The summed E-state index contributed by atoms with van der Waals surface area (Å²) in [6.07, 6.45) is 0. The van der Waals surface area contributed by atoms with Gasteiger partial charge in [-0.3, -0.25) is 0 Å². The van der Waals surface area contributed by atoms with Crippen LogP contribution in [0.2, 0.25) is 0 Å². The summed E-state index contributed by atoms with van der Waals surface area (Å²) in [5.41, 5.74) is 14.0. The maximum absolute atomic E-state index is 5.23. The van der Waals surface area contributed by atoms with Crippen molar-refractivity contribution in [3.05, 3.63) is 206 Å². The molecule has 2 nitrogen and oxygen atoms in total. The Morgan fingerprint density at radius 2 is 1.00 bits per heavy atom. The van der Waals surface area contributed by atoms with Crippen molar-refractivity contribution in [2.75, 3.05) is 4.90 Å². The molecule has 1 heterocycles. The van der Waals surface area contributed by atoms with Crippen molar-refractivity contribution >= 4 is 60.2 Å². The largest absolute Gasteiger partial charge is 0.310 e. The fourth-order valence-electron chi connectivity index (χ4n) is 7.78. The van der Waals surface area contributed by atoms with Gasteiger partial charge in [-0.05, 0) is 98.9 Å². The van der Waals surface area contributed by atoms with Gasteiger partial charge in [0.25, 0.3) is 0 Å². The zero-order valence-electron chi connectivity index (χ0n) is 30.4. The highest BCUT2D eigenvalue weighted by molar-refractivity contribution is 7.21. The molecule has 0 aliphatic rings. The fraction of sp³-hybridized carbons (Fsp3) is 0.0192. The molecule has 10 rings (SSSR count). The molecule has 0 bridgehead atoms. The van der Waals surface area contributed by atoms with Crippen LogP contribution < -0.4 is 4.90 Å². The number of benzene rings is 9. The van der Waals surface area contributed by atoms with Crippen LogP contribution in [0.3, 0.4) is 0 Å². The monoisotopic (exact) mass is 720 g/mol. The van der Waals surface area contributed by atoms with Crippen LogP contribution in [-0.4, -0.2) is 4.98 Å². The molecule has 0 amide bonds. The van der Waals surface area contributed by atoms with Crippen molar-refractivity contribution in [3.8, 4) is 44.0 Å². The number of hydrogen-bond acceptors (Lipinski definition) is 3. The van der Waals surface area contributed by atoms with Crippen molar-refractivity contribution in [3.63, 3.8) is 0 Å². The molecule has 1 aromatic heterocycles. The first-order chi connectivity index (χ1) is 27.2. The lowest BCUT2D eigenvalue weighted by Crippen LogP contribution is -2.10. The number of aromatic nitrogens is 1. The van der Waals surface area contributed by atoms with Crippen LogP contribution in [0.1, 0.15) is 5.56 Å². The molecule has 260 valence electrons. The molecule has 10 aromatic rings. The van der Waals surface area contributed by atoms with Crippen molar-refractivity contribution < 1.29 is 0 Å². The van der Waals surface area contributed by atoms with E-state index in [1.807, 2.05) is 0 Å². The normalized spacial score (nSPS) is 11.4. The Bertz CT molecular complexity index is 2970. The first-order valence-corrected chi connectivity index (χ1v) is 19.5. The number of nitrogens with zero attached hydrogens (tertiary/aromatic N) is 2. The summed E-state index contributed by atoms with van der Waals surface area (Å²) in [6, 6.07) is 72.3. The lowest BCUT2D eigenvalue weighted by atomic mass is 9.94. The van der Waals surface area contributed by atoms with Gasteiger partial charge < -0.3 is 4.90 Å². The molecule has 0 unspecified atom stereocenters. The predicted octanol–water partition coefficient (Wildman–Crippen LogP) is 15.0. The van der Waals surface area contributed by atoms with Gasteiger partial charge in [0.1, 0.15) is 5.01 Å². The molecule has 0 fully saturated rings. The van der Waals surface area contributed by atoms with Gasteiger partial charge in [0.15, 0.2) is 0 Å². The Morgan fingerprint density at radius 3 is 1.75 bits per heavy atom. The summed E-state index contributed by atoms with van der Waals surface area (Å²) < 4.78 is 1.20. The molecule has 3 heteroatoms. The summed E-state index contributed by atoms with van der Waals surface area (Å²) in [5, 5.41) is 5.83. The topological polar surface area (TPSA) is 16.1 Å². The maximum Gasteiger partial charge on any atom is 0.124 e. The van der Waals surface area contributed by atoms with E-state index in [1.54, 1.807) is 11.3 Å². The maximum atomic E-state index is 5.23. The molecule has 0 radical (unpaired) electrons. The third-order valence-corrected chi connectivity index (χ3v) is 11.6. The standard InChI is InChI=1S/C52H36N2S/c1-35-19-21-36(22-20-35)37-25-28-43(29-26-37)54(44-16-10-15-41(33-44)47-18-9-8-17-46(47)38-11-4-2-5-12-38)45-30-31-48-42(34-45)24-23-39-27-32-49-51(50(39)48)53-52(55-49)40-13-6-3-7-14-40/h2-34H,1H3. The highest BCUT2D eigenvalue weighted by atomic mass is 32.1. The second-order valence-electron chi connectivity index (χ2n) is 14.1. The lowest BCUT2D eigenvalue weighted by Gasteiger charge is -2.27. The van der Waals surface area contributed by atoms with Gasteiger partial charge in [0, 0.05) is 28.0 Å². The molecule has 0 spiro atoms. The van der Waals surface area contributed by atoms with E-state index in [9.17, 15) is 0 Å². The van der Waals surface area contributed by atoms with Gasteiger partial charge in [0.05, 0.1) is 10.2 Å². The van der Waals surface area contributed by atoms with Gasteiger partial charge in [-0.1, -0.05) is 163 Å². The Morgan fingerprint density at radius 1 is 0.418 bits per heavy atom. The quantitative estimate of drug-likeness (QED) is 0.152. The van der Waals surface area contributed by atoms with Crippen LogP contribution in [0, 0.1) is 6.92 Å². The molecule has 0 saturated heterocycles. The average Bonchev–Trinajstić information content (AvgIpc) is 3.70. The number of aryl methyl sites for hydroxylation is 1. The molecule has 55 heavy (non-hydrogen) atoms. The van der Waals surface area contributed by atoms with Crippen molar-refractivity contribution in [2.45, 2.75) is 6.92 Å². The van der Waals surface area contributed by atoms with Crippen LogP contribution >= 0.6 is 11.3 Å². The minimum Gasteiger partial charge on any atom is -0.310 e. The average molecular weight is 721 g/mol. The lowest BCUT2D eigenvalue weighted by molar-refractivity contribution is 1.29. The van der Waals surface area contributed by atoms with Crippen LogP contribution in [0.4, 0.5) is 17.1 Å². The van der Waals surface area contributed by atoms with E-state index in [-0.39, 0.29) is 0 Å². The minimum absolute atomic E-state index is 1.05. The minimum atomic E-state index is 1.05. The summed E-state index contributed by atoms with van der Waals surface area (Å²) in [4.78, 5) is 7.61. The highest BCUT2D eigenvalue weighted by Crippen LogP contribution is 2.42. The van der Waals surface area contributed by atoms with Crippen LogP contribution in [0.15, 0.2) is 200 Å². The number of thiazole rings is 1. The molecule has 9 aromatic carbocycles. The Labute approximate surface area is 325 Å². The van der Waals surface area contributed by atoms with Crippen LogP contribution in [-0.2, 0) is 0 Å². The van der Waals surface area contributed by atoms with Crippen molar-refractivity contribution in [1.82, 2.24) is 4.98 Å². The Hall–Kier alpha value is -6.81. The Balaban J connectivity index is 1.12. The summed E-state index contributed by atoms with van der Waals surface area (Å²) in [7, 11) is 0. The fourth-order valence-corrected chi connectivity index (χ4v) is 8.76. The first kappa shape index (κ1) is 32.8. The predicted molar refractivity (Wildman–Crippen MR) is 236 cm³/mol. The highest BCUT2D eigenvalue weighted by Gasteiger charge is 2.18. The van der Waals surface area contributed by atoms with E-state index in [0.29, 0.717) is 0 Å². The summed E-state index contributed by atoms with van der Waals surface area (Å²) in [6.45, 7) is 2.13. The first-order valence-electron chi connectivity index (χ1n) is 18.7. The molecule has 0 N–H and O–H groups in total. The number of hydrogen-bond donors (Lipinski definition) is 0. The third-order valence-electron chi connectivity index (χ3n) is 10.6. The second-order valence-corrected chi connectivity index (χ2v) is 15.1. The number of anilines is 3. The van der Waals surface area contributed by atoms with Crippen LogP contribution in [0.5, 0.6) is 0 Å². The molecular weight excluding hydrogens is 685 g/mol. The van der Waals surface area contributed by atoms with E-state index in [1.165, 1.54) is 65.2 Å². The zero-order valence-corrected chi connectivity index (χ0v) is 31.2. The SMILES string of the molecule is Cc1ccc(-c2ccc(N(c3cccc(-c4ccccc4-c4ccccc4)c3)c3ccc4c(ccc5ccc6sc(-c7ccccc7)nc6c54)c3)cc2)cc1. The van der Waals surface area contributed by atoms with E-state index in [4.69, 9.17) is 4.98 Å². The second kappa shape index (κ2) is 13.9.